The van der Waals surface area contributed by atoms with E-state index >= 15 is 0 Å². The number of pyridine rings is 1. The van der Waals surface area contributed by atoms with Crippen molar-refractivity contribution in [2.75, 3.05) is 6.61 Å². The fraction of sp³-hybridized carbons (Fsp3) is 0.227. The van der Waals surface area contributed by atoms with Crippen LogP contribution in [0.25, 0.3) is 0 Å². The van der Waals surface area contributed by atoms with E-state index in [9.17, 15) is 4.39 Å². The highest BCUT2D eigenvalue weighted by Gasteiger charge is 2.14. The van der Waals surface area contributed by atoms with Gasteiger partial charge in [-0.15, -0.1) is 0 Å². The van der Waals surface area contributed by atoms with Crippen LogP contribution in [0.2, 0.25) is 5.02 Å². The van der Waals surface area contributed by atoms with Crippen molar-refractivity contribution in [3.05, 3.63) is 86.9 Å². The molecule has 0 aliphatic heterocycles. The first-order valence-electron chi connectivity index (χ1n) is 9.19. The molecule has 29 heavy (non-hydrogen) atoms. The SMILES string of the molecule is CCOc1cc(CNCc2ccccn2)cc(Br)c1OCc1ccc(F)cc1Cl. The van der Waals surface area contributed by atoms with E-state index in [2.05, 4.69) is 26.2 Å². The van der Waals surface area contributed by atoms with Crippen LogP contribution in [-0.2, 0) is 19.7 Å². The molecular formula is C22H21BrClFN2O2. The highest BCUT2D eigenvalue weighted by molar-refractivity contribution is 9.10. The molecule has 1 heterocycles. The molecule has 7 heteroatoms. The Morgan fingerprint density at radius 2 is 1.97 bits per heavy atom. The molecule has 0 aliphatic rings. The molecule has 0 radical (unpaired) electrons. The Kier molecular flexibility index (Phi) is 7.86. The van der Waals surface area contributed by atoms with Crippen LogP contribution in [0.15, 0.2) is 59.2 Å². The van der Waals surface area contributed by atoms with Crippen molar-refractivity contribution in [1.82, 2.24) is 10.3 Å². The van der Waals surface area contributed by atoms with E-state index in [-0.39, 0.29) is 12.4 Å². The topological polar surface area (TPSA) is 43.4 Å². The molecule has 0 fully saturated rings. The van der Waals surface area contributed by atoms with Crippen LogP contribution in [0.5, 0.6) is 11.5 Å². The third kappa shape index (κ3) is 6.16. The lowest BCUT2D eigenvalue weighted by atomic mass is 10.2. The van der Waals surface area contributed by atoms with Crippen molar-refractivity contribution in [3.8, 4) is 11.5 Å². The number of halogens is 3. The summed E-state index contributed by atoms with van der Waals surface area (Å²) in [5, 5.41) is 3.70. The minimum absolute atomic E-state index is 0.203. The van der Waals surface area contributed by atoms with Crippen molar-refractivity contribution < 1.29 is 13.9 Å². The molecule has 152 valence electrons. The van der Waals surface area contributed by atoms with E-state index in [1.54, 1.807) is 12.3 Å². The lowest BCUT2D eigenvalue weighted by Gasteiger charge is -2.16. The molecule has 0 unspecified atom stereocenters. The van der Waals surface area contributed by atoms with E-state index in [0.717, 1.165) is 15.7 Å². The zero-order valence-corrected chi connectivity index (χ0v) is 18.3. The number of ether oxygens (including phenoxy) is 2. The smallest absolute Gasteiger partial charge is 0.175 e. The van der Waals surface area contributed by atoms with Gasteiger partial charge in [0.15, 0.2) is 11.5 Å². The second-order valence-corrected chi connectivity index (χ2v) is 7.55. The normalized spacial score (nSPS) is 10.8. The van der Waals surface area contributed by atoms with Gasteiger partial charge in [-0.2, -0.15) is 0 Å². The zero-order valence-electron chi connectivity index (χ0n) is 15.9. The minimum atomic E-state index is -0.377. The van der Waals surface area contributed by atoms with Gasteiger partial charge in [0.05, 0.1) is 21.8 Å². The molecule has 1 aromatic heterocycles. The van der Waals surface area contributed by atoms with Crippen molar-refractivity contribution in [2.24, 2.45) is 0 Å². The first-order chi connectivity index (χ1) is 14.1. The Hall–Kier alpha value is -2.15. The van der Waals surface area contributed by atoms with E-state index in [4.69, 9.17) is 21.1 Å². The molecule has 0 spiro atoms. The summed E-state index contributed by atoms with van der Waals surface area (Å²) in [6.07, 6.45) is 1.78. The minimum Gasteiger partial charge on any atom is -0.490 e. The summed E-state index contributed by atoms with van der Waals surface area (Å²) >= 11 is 9.66. The lowest BCUT2D eigenvalue weighted by Crippen LogP contribution is -2.14. The largest absolute Gasteiger partial charge is 0.490 e. The summed E-state index contributed by atoms with van der Waals surface area (Å²) in [4.78, 5) is 4.30. The van der Waals surface area contributed by atoms with E-state index in [0.29, 0.717) is 41.8 Å². The molecule has 4 nitrogen and oxygen atoms in total. The van der Waals surface area contributed by atoms with Crippen LogP contribution in [0.4, 0.5) is 4.39 Å². The first kappa shape index (κ1) is 21.6. The third-order valence-electron chi connectivity index (χ3n) is 4.12. The maximum atomic E-state index is 13.2. The summed E-state index contributed by atoms with van der Waals surface area (Å²) in [6, 6.07) is 14.0. The predicted molar refractivity (Wildman–Crippen MR) is 116 cm³/mol. The quantitative estimate of drug-likeness (QED) is 0.415. The maximum Gasteiger partial charge on any atom is 0.175 e. The van der Waals surface area contributed by atoms with Crippen molar-refractivity contribution in [1.29, 1.82) is 0 Å². The Labute approximate surface area is 183 Å². The van der Waals surface area contributed by atoms with Gasteiger partial charge in [-0.1, -0.05) is 23.7 Å². The third-order valence-corrected chi connectivity index (χ3v) is 5.06. The summed E-state index contributed by atoms with van der Waals surface area (Å²) in [6.45, 7) is 3.95. The number of nitrogens with one attached hydrogen (secondary N) is 1. The second-order valence-electron chi connectivity index (χ2n) is 6.29. The summed E-state index contributed by atoms with van der Waals surface area (Å²) in [7, 11) is 0. The molecule has 0 atom stereocenters. The lowest BCUT2D eigenvalue weighted by molar-refractivity contribution is 0.267. The monoisotopic (exact) mass is 478 g/mol. The fourth-order valence-electron chi connectivity index (χ4n) is 2.75. The molecule has 0 amide bonds. The van der Waals surface area contributed by atoms with E-state index < -0.39 is 0 Å². The number of nitrogens with zero attached hydrogens (tertiary/aromatic N) is 1. The van der Waals surface area contributed by atoms with Crippen LogP contribution in [-0.4, -0.2) is 11.6 Å². The molecule has 1 N–H and O–H groups in total. The van der Waals surface area contributed by atoms with Gasteiger partial charge in [-0.25, -0.2) is 4.39 Å². The van der Waals surface area contributed by atoms with Gasteiger partial charge in [0.2, 0.25) is 0 Å². The molecule has 3 aromatic rings. The first-order valence-corrected chi connectivity index (χ1v) is 10.4. The zero-order chi connectivity index (χ0) is 20.6. The summed E-state index contributed by atoms with van der Waals surface area (Å²) < 4.78 is 25.7. The van der Waals surface area contributed by atoms with Gasteiger partial charge in [-0.3, -0.25) is 4.98 Å². The number of rotatable bonds is 9. The van der Waals surface area contributed by atoms with Crippen LogP contribution in [0.1, 0.15) is 23.7 Å². The molecule has 0 saturated carbocycles. The van der Waals surface area contributed by atoms with Gasteiger partial charge < -0.3 is 14.8 Å². The van der Waals surface area contributed by atoms with E-state index in [1.165, 1.54) is 12.1 Å². The van der Waals surface area contributed by atoms with E-state index in [1.807, 2.05) is 37.3 Å². The maximum absolute atomic E-state index is 13.2. The Morgan fingerprint density at radius 3 is 2.69 bits per heavy atom. The second kappa shape index (κ2) is 10.6. The van der Waals surface area contributed by atoms with Gasteiger partial charge in [0.1, 0.15) is 12.4 Å². The van der Waals surface area contributed by atoms with Gasteiger partial charge in [-0.05, 0) is 64.8 Å². The van der Waals surface area contributed by atoms with Crippen LogP contribution >= 0.6 is 27.5 Å². The fourth-order valence-corrected chi connectivity index (χ4v) is 3.58. The molecule has 2 aromatic carbocycles. The molecule has 0 bridgehead atoms. The van der Waals surface area contributed by atoms with Crippen molar-refractivity contribution in [3.63, 3.8) is 0 Å². The number of hydrogen-bond acceptors (Lipinski definition) is 4. The Balaban J connectivity index is 1.70. The number of aromatic nitrogens is 1. The molecule has 0 aliphatic carbocycles. The molecular weight excluding hydrogens is 459 g/mol. The van der Waals surface area contributed by atoms with Crippen LogP contribution in [0.3, 0.4) is 0 Å². The highest BCUT2D eigenvalue weighted by atomic mass is 79.9. The summed E-state index contributed by atoms with van der Waals surface area (Å²) in [5.41, 5.74) is 2.72. The number of hydrogen-bond donors (Lipinski definition) is 1. The number of benzene rings is 2. The van der Waals surface area contributed by atoms with Gasteiger partial charge >= 0.3 is 0 Å². The molecule has 0 saturated heterocycles. The Bertz CT molecular complexity index is 957. The predicted octanol–water partition coefficient (Wildman–Crippen LogP) is 5.90. The highest BCUT2D eigenvalue weighted by Crippen LogP contribution is 2.38. The average molecular weight is 480 g/mol. The van der Waals surface area contributed by atoms with Gasteiger partial charge in [0, 0.05) is 24.8 Å². The van der Waals surface area contributed by atoms with Crippen molar-refractivity contribution >= 4 is 27.5 Å². The van der Waals surface area contributed by atoms with Crippen molar-refractivity contribution in [2.45, 2.75) is 26.6 Å². The summed E-state index contributed by atoms with van der Waals surface area (Å²) in [5.74, 6) is 0.841. The molecule has 3 rings (SSSR count). The van der Waals surface area contributed by atoms with Crippen LogP contribution < -0.4 is 14.8 Å². The van der Waals surface area contributed by atoms with Crippen LogP contribution in [0, 0.1) is 5.82 Å². The Morgan fingerprint density at radius 1 is 1.10 bits per heavy atom. The average Bonchev–Trinajstić information content (AvgIpc) is 2.70. The van der Waals surface area contributed by atoms with Gasteiger partial charge in [0.25, 0.3) is 0 Å². The standard InChI is InChI=1S/C22H21BrClFN2O2/c1-2-28-21-10-15(12-26-13-18-5-3-4-8-27-18)9-19(23)22(21)29-14-16-6-7-17(25)11-20(16)24/h3-11,26H,2,12-14H2,1H3.